The van der Waals surface area contributed by atoms with E-state index in [1.807, 2.05) is 47.4 Å². The number of thioether (sulfide) groups is 1. The van der Waals surface area contributed by atoms with Gasteiger partial charge in [0.05, 0.1) is 18.0 Å². The third kappa shape index (κ3) is 4.98. The van der Waals surface area contributed by atoms with Gasteiger partial charge >= 0.3 is 5.69 Å². The highest BCUT2D eigenvalue weighted by atomic mass is 35.5. The maximum atomic E-state index is 12.9. The average molecular weight is 496 g/mol. The van der Waals surface area contributed by atoms with E-state index in [1.165, 1.54) is 11.8 Å². The van der Waals surface area contributed by atoms with Crippen molar-refractivity contribution in [3.63, 3.8) is 0 Å². The number of nitrogens with zero attached hydrogens (tertiary/aromatic N) is 5. The lowest BCUT2D eigenvalue weighted by molar-refractivity contribution is -0.128. The van der Waals surface area contributed by atoms with Gasteiger partial charge in [0, 0.05) is 54.3 Å². The van der Waals surface area contributed by atoms with Crippen molar-refractivity contribution in [2.45, 2.75) is 30.8 Å². The third-order valence-corrected chi connectivity index (χ3v) is 7.66. The third-order valence-electron chi connectivity index (χ3n) is 6.40. The fourth-order valence-electron chi connectivity index (χ4n) is 4.61. The number of amides is 1. The lowest BCUT2D eigenvalue weighted by atomic mass is 10.2. The minimum atomic E-state index is -0.266. The van der Waals surface area contributed by atoms with Crippen molar-refractivity contribution in [3.8, 4) is 0 Å². The van der Waals surface area contributed by atoms with Gasteiger partial charge in [0.25, 0.3) is 0 Å². The van der Waals surface area contributed by atoms with E-state index in [0.717, 1.165) is 60.0 Å². The first kappa shape index (κ1) is 22.9. The normalized spacial score (nSPS) is 15.4. The predicted octanol–water partition coefficient (Wildman–Crippen LogP) is 3.27. The quantitative estimate of drug-likeness (QED) is 0.386. The Morgan fingerprint density at radius 3 is 2.56 bits per heavy atom. The van der Waals surface area contributed by atoms with E-state index in [2.05, 4.69) is 14.9 Å². The van der Waals surface area contributed by atoms with Crippen LogP contribution < -0.4 is 10.6 Å². The van der Waals surface area contributed by atoms with E-state index in [9.17, 15) is 9.59 Å². The summed E-state index contributed by atoms with van der Waals surface area (Å²) in [6, 6.07) is 13.5. The lowest BCUT2D eigenvalue weighted by Crippen LogP contribution is -2.49. The predicted molar refractivity (Wildman–Crippen MR) is 135 cm³/mol. The second-order valence-corrected chi connectivity index (χ2v) is 9.92. The highest BCUT2D eigenvalue weighted by Crippen LogP contribution is 2.30. The summed E-state index contributed by atoms with van der Waals surface area (Å²) < 4.78 is 1.74. The number of aromatic nitrogens is 3. The molecule has 3 heterocycles. The molecule has 3 aromatic rings. The smallest absolute Gasteiger partial charge is 0.349 e. The van der Waals surface area contributed by atoms with Gasteiger partial charge in [-0.1, -0.05) is 29.4 Å². The summed E-state index contributed by atoms with van der Waals surface area (Å²) in [6.45, 7) is 3.36. The Labute approximate surface area is 207 Å². The van der Waals surface area contributed by atoms with Crippen molar-refractivity contribution < 1.29 is 4.79 Å². The summed E-state index contributed by atoms with van der Waals surface area (Å²) in [5.74, 6) is 0.385. The molecule has 9 heteroatoms. The van der Waals surface area contributed by atoms with Gasteiger partial charge in [0.2, 0.25) is 5.91 Å². The molecule has 0 atom stereocenters. The summed E-state index contributed by atoms with van der Waals surface area (Å²) in [7, 11) is 0. The van der Waals surface area contributed by atoms with Gasteiger partial charge in [-0.2, -0.15) is 4.98 Å². The van der Waals surface area contributed by atoms with Crippen LogP contribution in [0.3, 0.4) is 0 Å². The molecule has 1 amide bonds. The molecule has 0 radical (unpaired) electrons. The number of piperazine rings is 1. The van der Waals surface area contributed by atoms with E-state index in [4.69, 9.17) is 11.6 Å². The Morgan fingerprint density at radius 1 is 1.03 bits per heavy atom. The largest absolute Gasteiger partial charge is 0.368 e. The van der Waals surface area contributed by atoms with Gasteiger partial charge in [-0.25, -0.2) is 4.79 Å². The van der Waals surface area contributed by atoms with Crippen molar-refractivity contribution in [1.82, 2.24) is 19.4 Å². The van der Waals surface area contributed by atoms with Crippen molar-refractivity contribution in [2.75, 3.05) is 36.8 Å². The van der Waals surface area contributed by atoms with Gasteiger partial charge < -0.3 is 9.80 Å². The van der Waals surface area contributed by atoms with Crippen LogP contribution >= 0.6 is 23.4 Å². The molecule has 0 unspecified atom stereocenters. The van der Waals surface area contributed by atoms with Crippen LogP contribution in [-0.2, 0) is 24.2 Å². The topological polar surface area (TPSA) is 71.3 Å². The number of halogens is 1. The number of rotatable bonds is 6. The zero-order valence-electron chi connectivity index (χ0n) is 18.8. The monoisotopic (exact) mass is 495 g/mol. The van der Waals surface area contributed by atoms with E-state index in [-0.39, 0.29) is 11.6 Å². The second kappa shape index (κ2) is 10.2. The Morgan fingerprint density at radius 2 is 1.82 bits per heavy atom. The molecule has 0 saturated carbocycles. The maximum Gasteiger partial charge on any atom is 0.349 e. The number of benzene rings is 1. The molecule has 1 aromatic carbocycles. The summed E-state index contributed by atoms with van der Waals surface area (Å²) in [4.78, 5) is 38.6. The van der Waals surface area contributed by atoms with E-state index < -0.39 is 0 Å². The highest BCUT2D eigenvalue weighted by Gasteiger charge is 2.25. The SMILES string of the molecule is O=C(CSc1nc(=O)n(Cc2ccccn2)c2c1CCC2)N1CCN(c2ccc(Cl)cc2)CC1. The minimum Gasteiger partial charge on any atom is -0.368 e. The van der Waals surface area contributed by atoms with E-state index in [0.29, 0.717) is 30.4 Å². The van der Waals surface area contributed by atoms with Crippen molar-refractivity contribution in [3.05, 3.63) is 81.1 Å². The van der Waals surface area contributed by atoms with Gasteiger partial charge in [-0.15, -0.1) is 0 Å². The fourth-order valence-corrected chi connectivity index (χ4v) is 5.72. The summed E-state index contributed by atoms with van der Waals surface area (Å²) >= 11 is 7.38. The van der Waals surface area contributed by atoms with Crippen molar-refractivity contribution in [2.24, 2.45) is 0 Å². The van der Waals surface area contributed by atoms with Crippen LogP contribution in [-0.4, -0.2) is 57.3 Å². The van der Waals surface area contributed by atoms with Crippen LogP contribution in [0.2, 0.25) is 5.02 Å². The molecule has 1 saturated heterocycles. The van der Waals surface area contributed by atoms with Gasteiger partial charge in [0.15, 0.2) is 0 Å². The number of hydrogen-bond acceptors (Lipinski definition) is 6. The first-order valence-electron chi connectivity index (χ1n) is 11.5. The Kier molecular flexibility index (Phi) is 6.87. The molecule has 0 N–H and O–H groups in total. The zero-order chi connectivity index (χ0) is 23.5. The molecule has 7 nitrogen and oxygen atoms in total. The number of pyridine rings is 1. The average Bonchev–Trinajstić information content (AvgIpc) is 3.36. The molecule has 2 aromatic heterocycles. The standard InChI is InChI=1S/C25H26ClN5O2S/c26-18-7-9-20(10-8-18)29-12-14-30(15-13-29)23(32)17-34-24-21-5-3-6-22(21)31(25(33)28-24)16-19-4-1-2-11-27-19/h1-2,4,7-11H,3,5-6,12-17H2. The molecule has 0 bridgehead atoms. The summed E-state index contributed by atoms with van der Waals surface area (Å²) in [5, 5.41) is 1.43. The summed E-state index contributed by atoms with van der Waals surface area (Å²) in [5.41, 5.74) is 3.85. The molecular weight excluding hydrogens is 470 g/mol. The van der Waals surface area contributed by atoms with Crippen LogP contribution in [0.5, 0.6) is 0 Å². The van der Waals surface area contributed by atoms with Crippen LogP contribution in [0, 0.1) is 0 Å². The van der Waals surface area contributed by atoms with E-state index >= 15 is 0 Å². The Hall–Kier alpha value is -2.84. The van der Waals surface area contributed by atoms with Crippen LogP contribution in [0.1, 0.15) is 23.4 Å². The van der Waals surface area contributed by atoms with Crippen molar-refractivity contribution in [1.29, 1.82) is 0 Å². The molecule has 2 aliphatic rings. The highest BCUT2D eigenvalue weighted by molar-refractivity contribution is 7.99. The number of carbonyl (C=O) groups is 1. The first-order chi connectivity index (χ1) is 16.6. The van der Waals surface area contributed by atoms with Crippen LogP contribution in [0.25, 0.3) is 0 Å². The Balaban J connectivity index is 1.22. The molecule has 176 valence electrons. The molecule has 1 fully saturated rings. The minimum absolute atomic E-state index is 0.0898. The fraction of sp³-hybridized carbons (Fsp3) is 0.360. The van der Waals surface area contributed by atoms with Crippen LogP contribution in [0.4, 0.5) is 5.69 Å². The van der Waals surface area contributed by atoms with Gasteiger partial charge in [-0.05, 0) is 55.7 Å². The number of fused-ring (bicyclic) bond motifs is 1. The van der Waals surface area contributed by atoms with Crippen LogP contribution in [0.15, 0.2) is 58.5 Å². The number of hydrogen-bond donors (Lipinski definition) is 0. The van der Waals surface area contributed by atoms with Gasteiger partial charge in [0.1, 0.15) is 5.03 Å². The lowest BCUT2D eigenvalue weighted by Gasteiger charge is -2.36. The summed E-state index contributed by atoms with van der Waals surface area (Å²) in [6.07, 6.45) is 4.48. The van der Waals surface area contributed by atoms with Gasteiger partial charge in [-0.3, -0.25) is 14.3 Å². The zero-order valence-corrected chi connectivity index (χ0v) is 20.4. The van der Waals surface area contributed by atoms with E-state index in [1.54, 1.807) is 10.8 Å². The van der Waals surface area contributed by atoms with Crippen molar-refractivity contribution >= 4 is 35.0 Å². The first-order valence-corrected chi connectivity index (χ1v) is 12.9. The number of carbonyl (C=O) groups excluding carboxylic acids is 1. The molecule has 1 aliphatic carbocycles. The molecular formula is C25H26ClN5O2S. The Bertz CT molecular complexity index is 1220. The molecule has 5 rings (SSSR count). The maximum absolute atomic E-state index is 12.9. The molecule has 34 heavy (non-hydrogen) atoms. The number of anilines is 1. The molecule has 0 spiro atoms. The second-order valence-electron chi connectivity index (χ2n) is 8.52. The molecule has 1 aliphatic heterocycles.